The molecular weight excluding hydrogens is 222 g/mol. The van der Waals surface area contributed by atoms with E-state index in [-0.39, 0.29) is 11.4 Å². The van der Waals surface area contributed by atoms with Crippen molar-refractivity contribution >= 4 is 17.2 Å². The smallest absolute Gasteiger partial charge is 0.273 e. The van der Waals surface area contributed by atoms with Crippen LogP contribution in [0.2, 0.25) is 0 Å². The fourth-order valence-electron chi connectivity index (χ4n) is 1.93. The molecule has 2 heterocycles. The molecule has 0 saturated carbocycles. The molecule has 0 spiro atoms. The molecule has 1 aromatic rings. The maximum absolute atomic E-state index is 12.0. The lowest BCUT2D eigenvalue weighted by atomic mass is 9.90. The first-order valence-corrected chi connectivity index (χ1v) is 6.45. The number of carbonyl (C=O) groups excluding carboxylic acids is 1. The van der Waals surface area contributed by atoms with Crippen LogP contribution in [0.5, 0.6) is 0 Å². The topological polar surface area (TPSA) is 45.2 Å². The number of piperidine rings is 1. The van der Waals surface area contributed by atoms with Crippen LogP contribution in [0.4, 0.5) is 0 Å². The highest BCUT2D eigenvalue weighted by atomic mass is 32.1. The summed E-state index contributed by atoms with van der Waals surface area (Å²) in [6.45, 7) is 3.83. The highest BCUT2D eigenvalue weighted by molar-refractivity contribution is 7.07. The molecular formula is C11H17N3OS. The van der Waals surface area contributed by atoms with Gasteiger partial charge in [-0.15, -0.1) is 11.3 Å². The summed E-state index contributed by atoms with van der Waals surface area (Å²) in [7, 11) is 1.98. The molecule has 88 valence electrons. The Balaban J connectivity index is 1.97. The lowest BCUT2D eigenvalue weighted by molar-refractivity contribution is 0.0657. The predicted octanol–water partition coefficient (Wildman–Crippen LogP) is 1.36. The van der Waals surface area contributed by atoms with E-state index in [1.165, 1.54) is 11.3 Å². The number of amides is 1. The average molecular weight is 239 g/mol. The summed E-state index contributed by atoms with van der Waals surface area (Å²) in [6.07, 6.45) is 2.00. The van der Waals surface area contributed by atoms with Crippen LogP contribution in [0.15, 0.2) is 10.9 Å². The maximum Gasteiger partial charge on any atom is 0.273 e. The highest BCUT2D eigenvalue weighted by Gasteiger charge is 2.30. The monoisotopic (exact) mass is 239 g/mol. The van der Waals surface area contributed by atoms with Gasteiger partial charge < -0.3 is 10.2 Å². The Morgan fingerprint density at radius 1 is 1.56 bits per heavy atom. The van der Waals surface area contributed by atoms with Crippen molar-refractivity contribution in [1.29, 1.82) is 0 Å². The summed E-state index contributed by atoms with van der Waals surface area (Å²) < 4.78 is 0. The Morgan fingerprint density at radius 2 is 2.25 bits per heavy atom. The van der Waals surface area contributed by atoms with E-state index in [9.17, 15) is 4.79 Å². The van der Waals surface area contributed by atoms with Gasteiger partial charge in [-0.25, -0.2) is 4.98 Å². The Hall–Kier alpha value is -0.940. The van der Waals surface area contributed by atoms with Crippen LogP contribution in [0, 0.1) is 0 Å². The van der Waals surface area contributed by atoms with Crippen molar-refractivity contribution in [1.82, 2.24) is 15.2 Å². The quantitative estimate of drug-likeness (QED) is 0.847. The standard InChI is InChI=1S/C11H17N3OS/c1-11(12-2)3-5-14(6-4-11)10(15)9-7-16-8-13-9/h7-8,12H,3-6H2,1-2H3. The molecule has 0 unspecified atom stereocenters. The molecule has 1 aliphatic heterocycles. The van der Waals surface area contributed by atoms with Gasteiger partial charge in [0.15, 0.2) is 0 Å². The molecule has 5 heteroatoms. The number of carbonyl (C=O) groups is 1. The minimum absolute atomic E-state index is 0.0689. The molecule has 1 aromatic heterocycles. The fourth-order valence-corrected chi connectivity index (χ4v) is 2.46. The molecule has 0 atom stereocenters. The minimum Gasteiger partial charge on any atom is -0.337 e. The van der Waals surface area contributed by atoms with Gasteiger partial charge in [0.05, 0.1) is 5.51 Å². The molecule has 1 saturated heterocycles. The maximum atomic E-state index is 12.0. The van der Waals surface area contributed by atoms with Crippen LogP contribution in [-0.2, 0) is 0 Å². The van der Waals surface area contributed by atoms with Gasteiger partial charge >= 0.3 is 0 Å². The lowest BCUT2D eigenvalue weighted by Crippen LogP contribution is -2.51. The number of nitrogens with one attached hydrogen (secondary N) is 1. The van der Waals surface area contributed by atoms with Crippen LogP contribution in [0.25, 0.3) is 0 Å². The molecule has 1 amide bonds. The second kappa shape index (κ2) is 4.51. The summed E-state index contributed by atoms with van der Waals surface area (Å²) >= 11 is 1.47. The summed E-state index contributed by atoms with van der Waals surface area (Å²) in [4.78, 5) is 18.0. The van der Waals surface area contributed by atoms with Gasteiger partial charge in [0, 0.05) is 24.0 Å². The zero-order valence-corrected chi connectivity index (χ0v) is 10.5. The number of hydrogen-bond donors (Lipinski definition) is 1. The normalized spacial score (nSPS) is 19.8. The van der Waals surface area contributed by atoms with Crippen LogP contribution < -0.4 is 5.32 Å². The van der Waals surface area contributed by atoms with Gasteiger partial charge in [-0.1, -0.05) is 0 Å². The van der Waals surface area contributed by atoms with Gasteiger partial charge in [-0.3, -0.25) is 4.79 Å². The SMILES string of the molecule is CNC1(C)CCN(C(=O)c2cscn2)CC1. The zero-order valence-electron chi connectivity index (χ0n) is 9.69. The van der Waals surface area contributed by atoms with Gasteiger partial charge in [0.2, 0.25) is 0 Å². The summed E-state index contributed by atoms with van der Waals surface area (Å²) in [6, 6.07) is 0. The first kappa shape index (κ1) is 11.5. The molecule has 0 aliphatic carbocycles. The predicted molar refractivity (Wildman–Crippen MR) is 64.7 cm³/mol. The van der Waals surface area contributed by atoms with Gasteiger partial charge in [-0.2, -0.15) is 0 Å². The van der Waals surface area contributed by atoms with Crippen molar-refractivity contribution < 1.29 is 4.79 Å². The van der Waals surface area contributed by atoms with E-state index in [0.29, 0.717) is 5.69 Å². The van der Waals surface area contributed by atoms with E-state index in [4.69, 9.17) is 0 Å². The van der Waals surface area contributed by atoms with Crippen LogP contribution >= 0.6 is 11.3 Å². The number of hydrogen-bond acceptors (Lipinski definition) is 4. The molecule has 1 N–H and O–H groups in total. The van der Waals surface area contributed by atoms with E-state index < -0.39 is 0 Å². The molecule has 1 fully saturated rings. The molecule has 0 radical (unpaired) electrons. The van der Waals surface area contributed by atoms with Crippen molar-refractivity contribution in [2.45, 2.75) is 25.3 Å². The lowest BCUT2D eigenvalue weighted by Gasteiger charge is -2.39. The fraction of sp³-hybridized carbons (Fsp3) is 0.636. The Morgan fingerprint density at radius 3 is 2.75 bits per heavy atom. The second-order valence-corrected chi connectivity index (χ2v) is 5.20. The van der Waals surface area contributed by atoms with Gasteiger partial charge in [0.25, 0.3) is 5.91 Å². The number of likely N-dealkylation sites (tertiary alicyclic amines) is 1. The third-order valence-corrected chi connectivity index (χ3v) is 4.00. The van der Waals surface area contributed by atoms with Gasteiger partial charge in [0.1, 0.15) is 5.69 Å². The summed E-state index contributed by atoms with van der Waals surface area (Å²) in [5.74, 6) is 0.0689. The van der Waals surface area contributed by atoms with E-state index >= 15 is 0 Å². The number of thiazole rings is 1. The Kier molecular flexibility index (Phi) is 3.25. The Labute approximate surface area is 99.7 Å². The van der Waals surface area contributed by atoms with E-state index in [0.717, 1.165) is 25.9 Å². The average Bonchev–Trinajstić information content (AvgIpc) is 2.83. The van der Waals surface area contributed by atoms with E-state index in [1.807, 2.05) is 17.3 Å². The molecule has 0 aromatic carbocycles. The van der Waals surface area contributed by atoms with Crippen LogP contribution in [0.1, 0.15) is 30.3 Å². The van der Waals surface area contributed by atoms with Crippen LogP contribution in [-0.4, -0.2) is 41.5 Å². The van der Waals surface area contributed by atoms with Crippen molar-refractivity contribution in [3.05, 3.63) is 16.6 Å². The third kappa shape index (κ3) is 2.25. The first-order chi connectivity index (χ1) is 7.64. The molecule has 2 rings (SSSR count). The zero-order chi connectivity index (χ0) is 11.6. The highest BCUT2D eigenvalue weighted by Crippen LogP contribution is 2.22. The number of rotatable bonds is 2. The molecule has 16 heavy (non-hydrogen) atoms. The summed E-state index contributed by atoms with van der Waals surface area (Å²) in [5, 5.41) is 5.14. The third-order valence-electron chi connectivity index (χ3n) is 3.41. The van der Waals surface area contributed by atoms with Crippen molar-refractivity contribution in [2.75, 3.05) is 20.1 Å². The minimum atomic E-state index is 0.0689. The van der Waals surface area contributed by atoms with Crippen molar-refractivity contribution in [3.8, 4) is 0 Å². The molecule has 0 bridgehead atoms. The van der Waals surface area contributed by atoms with E-state index in [2.05, 4.69) is 17.2 Å². The Bertz CT molecular complexity index is 355. The second-order valence-electron chi connectivity index (χ2n) is 4.48. The molecule has 4 nitrogen and oxygen atoms in total. The van der Waals surface area contributed by atoms with Crippen LogP contribution in [0.3, 0.4) is 0 Å². The largest absolute Gasteiger partial charge is 0.337 e. The number of nitrogens with zero attached hydrogens (tertiary/aromatic N) is 2. The van der Waals surface area contributed by atoms with Crippen molar-refractivity contribution in [2.24, 2.45) is 0 Å². The number of aromatic nitrogens is 1. The summed E-state index contributed by atoms with van der Waals surface area (Å²) in [5.41, 5.74) is 2.46. The first-order valence-electron chi connectivity index (χ1n) is 5.51. The molecule has 1 aliphatic rings. The van der Waals surface area contributed by atoms with Crippen molar-refractivity contribution in [3.63, 3.8) is 0 Å². The van der Waals surface area contributed by atoms with Gasteiger partial charge in [-0.05, 0) is 26.8 Å². The van der Waals surface area contributed by atoms with E-state index in [1.54, 1.807) is 5.51 Å².